The minimum absolute atomic E-state index is 0.321. The summed E-state index contributed by atoms with van der Waals surface area (Å²) in [5.41, 5.74) is 1.79. The number of fused-ring (bicyclic) bond motifs is 1. The zero-order chi connectivity index (χ0) is 14.8. The summed E-state index contributed by atoms with van der Waals surface area (Å²) in [6, 6.07) is 4.17. The molecule has 1 aliphatic carbocycles. The molecule has 5 nitrogen and oxygen atoms in total. The van der Waals surface area contributed by atoms with Crippen LogP contribution in [-0.2, 0) is 11.2 Å². The number of halogens is 1. The second-order valence-electron chi connectivity index (χ2n) is 5.36. The molecule has 114 valence electrons. The lowest BCUT2D eigenvalue weighted by Crippen LogP contribution is -2.13. The highest BCUT2D eigenvalue weighted by Crippen LogP contribution is 2.35. The van der Waals surface area contributed by atoms with Crippen molar-refractivity contribution in [1.29, 1.82) is 0 Å². The van der Waals surface area contributed by atoms with E-state index in [0.717, 1.165) is 42.7 Å². The molecule has 2 aromatic rings. The van der Waals surface area contributed by atoms with Crippen molar-refractivity contribution in [2.75, 3.05) is 20.1 Å². The van der Waals surface area contributed by atoms with Crippen LogP contribution in [0.25, 0.3) is 11.2 Å². The number of pyridine rings is 1. The van der Waals surface area contributed by atoms with Crippen molar-refractivity contribution in [3.8, 4) is 5.88 Å². The van der Waals surface area contributed by atoms with Gasteiger partial charge in [-0.2, -0.15) is 4.98 Å². The van der Waals surface area contributed by atoms with E-state index in [-0.39, 0.29) is 0 Å². The summed E-state index contributed by atoms with van der Waals surface area (Å²) in [6.45, 7) is 0. The van der Waals surface area contributed by atoms with Crippen molar-refractivity contribution < 1.29 is 9.47 Å². The molecule has 3 rings (SSSR count). The Morgan fingerprint density at radius 2 is 2.14 bits per heavy atom. The van der Waals surface area contributed by atoms with Crippen LogP contribution in [0, 0.1) is 0 Å². The quantitative estimate of drug-likeness (QED) is 0.797. The SMILES string of the molecule is COc1ccc2nc(CCCl)n(C3CCC(OC)C3)c2n1. The van der Waals surface area contributed by atoms with Gasteiger partial charge in [0.15, 0.2) is 5.65 Å². The number of methoxy groups -OCH3 is 2. The van der Waals surface area contributed by atoms with Crippen LogP contribution in [0.5, 0.6) is 5.88 Å². The number of rotatable bonds is 5. The van der Waals surface area contributed by atoms with E-state index in [2.05, 4.69) is 9.55 Å². The van der Waals surface area contributed by atoms with Gasteiger partial charge in [-0.15, -0.1) is 11.6 Å². The average molecular weight is 310 g/mol. The van der Waals surface area contributed by atoms with Crippen molar-refractivity contribution in [2.24, 2.45) is 0 Å². The van der Waals surface area contributed by atoms with E-state index in [0.29, 0.717) is 23.9 Å². The monoisotopic (exact) mass is 309 g/mol. The average Bonchev–Trinajstić information content (AvgIpc) is 3.10. The fraction of sp³-hybridized carbons (Fsp3) is 0.600. The molecule has 0 bridgehead atoms. The number of aryl methyl sites for hydroxylation is 1. The van der Waals surface area contributed by atoms with Crippen molar-refractivity contribution in [2.45, 2.75) is 37.8 Å². The largest absolute Gasteiger partial charge is 0.481 e. The van der Waals surface area contributed by atoms with Gasteiger partial charge >= 0.3 is 0 Å². The predicted molar refractivity (Wildman–Crippen MR) is 82.2 cm³/mol. The third-order valence-corrected chi connectivity index (χ3v) is 4.36. The van der Waals surface area contributed by atoms with E-state index >= 15 is 0 Å². The second-order valence-corrected chi connectivity index (χ2v) is 5.74. The van der Waals surface area contributed by atoms with E-state index in [1.807, 2.05) is 12.1 Å². The van der Waals surface area contributed by atoms with E-state index in [1.54, 1.807) is 14.2 Å². The van der Waals surface area contributed by atoms with Gasteiger partial charge in [0.25, 0.3) is 0 Å². The van der Waals surface area contributed by atoms with Crippen LogP contribution >= 0.6 is 11.6 Å². The molecule has 2 heterocycles. The Hall–Kier alpha value is -1.33. The summed E-state index contributed by atoms with van der Waals surface area (Å²) in [4.78, 5) is 9.28. The number of nitrogens with zero attached hydrogens (tertiary/aromatic N) is 3. The molecule has 0 N–H and O–H groups in total. The summed E-state index contributed by atoms with van der Waals surface area (Å²) in [5.74, 6) is 2.17. The first-order valence-corrected chi connectivity index (χ1v) is 7.81. The Labute approximate surface area is 129 Å². The first-order valence-electron chi connectivity index (χ1n) is 7.27. The lowest BCUT2D eigenvalue weighted by molar-refractivity contribution is 0.106. The molecule has 0 amide bonds. The molecule has 0 saturated heterocycles. The van der Waals surface area contributed by atoms with Gasteiger partial charge in [-0.05, 0) is 25.3 Å². The molecular weight excluding hydrogens is 290 g/mol. The fourth-order valence-corrected chi connectivity index (χ4v) is 3.30. The molecule has 0 radical (unpaired) electrons. The maximum atomic E-state index is 5.93. The molecule has 2 unspecified atom stereocenters. The molecule has 0 spiro atoms. The van der Waals surface area contributed by atoms with E-state index in [1.165, 1.54) is 0 Å². The zero-order valence-electron chi connectivity index (χ0n) is 12.4. The Kier molecular flexibility index (Phi) is 4.31. The summed E-state index contributed by atoms with van der Waals surface area (Å²) in [6.07, 6.45) is 4.22. The van der Waals surface area contributed by atoms with E-state index < -0.39 is 0 Å². The zero-order valence-corrected chi connectivity index (χ0v) is 13.1. The molecule has 0 aliphatic heterocycles. The van der Waals surface area contributed by atoms with E-state index in [9.17, 15) is 0 Å². The normalized spacial score (nSPS) is 22.0. The van der Waals surface area contributed by atoms with Crippen LogP contribution in [0.15, 0.2) is 12.1 Å². The van der Waals surface area contributed by atoms with Crippen molar-refractivity contribution in [1.82, 2.24) is 14.5 Å². The Morgan fingerprint density at radius 3 is 2.81 bits per heavy atom. The number of alkyl halides is 1. The number of aromatic nitrogens is 3. The molecule has 2 aromatic heterocycles. The molecule has 1 aliphatic rings. The number of imidazole rings is 1. The van der Waals surface area contributed by atoms with Gasteiger partial charge in [0.2, 0.25) is 5.88 Å². The minimum atomic E-state index is 0.321. The maximum absolute atomic E-state index is 5.93. The number of ether oxygens (including phenoxy) is 2. The van der Waals surface area contributed by atoms with Crippen molar-refractivity contribution >= 4 is 22.8 Å². The van der Waals surface area contributed by atoms with Gasteiger partial charge in [0.05, 0.1) is 13.2 Å². The van der Waals surface area contributed by atoms with Gasteiger partial charge in [-0.3, -0.25) is 0 Å². The standard InChI is InChI=1S/C15H20ClN3O2/c1-20-11-4-3-10(9-11)19-13(7-8-16)17-12-5-6-14(21-2)18-15(12)19/h5-6,10-11H,3-4,7-9H2,1-2H3. The molecule has 2 atom stereocenters. The van der Waals surface area contributed by atoms with Crippen LogP contribution in [0.4, 0.5) is 0 Å². The fourth-order valence-electron chi connectivity index (χ4n) is 3.13. The molecule has 0 aromatic carbocycles. The molecule has 1 fully saturated rings. The maximum Gasteiger partial charge on any atom is 0.215 e. The topological polar surface area (TPSA) is 49.2 Å². The molecule has 1 saturated carbocycles. The molecule has 6 heteroatoms. The summed E-state index contributed by atoms with van der Waals surface area (Å²) in [7, 11) is 3.41. The first-order chi connectivity index (χ1) is 10.3. The number of hydrogen-bond acceptors (Lipinski definition) is 4. The van der Waals surface area contributed by atoms with Crippen LogP contribution in [0.2, 0.25) is 0 Å². The summed E-state index contributed by atoms with van der Waals surface area (Å²) < 4.78 is 13.0. The minimum Gasteiger partial charge on any atom is -0.481 e. The highest BCUT2D eigenvalue weighted by atomic mass is 35.5. The Balaban J connectivity index is 2.06. The van der Waals surface area contributed by atoms with Crippen LogP contribution in [0.1, 0.15) is 31.1 Å². The molecule has 21 heavy (non-hydrogen) atoms. The third-order valence-electron chi connectivity index (χ3n) is 4.17. The highest BCUT2D eigenvalue weighted by molar-refractivity contribution is 6.17. The van der Waals surface area contributed by atoms with Crippen molar-refractivity contribution in [3.05, 3.63) is 18.0 Å². The van der Waals surface area contributed by atoms with Crippen molar-refractivity contribution in [3.63, 3.8) is 0 Å². The number of hydrogen-bond donors (Lipinski definition) is 0. The Bertz CT molecular complexity index is 629. The van der Waals surface area contributed by atoms with Gasteiger partial charge in [-0.1, -0.05) is 0 Å². The summed E-state index contributed by atoms with van der Waals surface area (Å²) >= 11 is 5.93. The molecular formula is C15H20ClN3O2. The lowest BCUT2D eigenvalue weighted by atomic mass is 10.2. The Morgan fingerprint density at radius 1 is 1.29 bits per heavy atom. The van der Waals surface area contributed by atoms with Gasteiger partial charge in [0, 0.05) is 31.5 Å². The van der Waals surface area contributed by atoms with Crippen LogP contribution in [0.3, 0.4) is 0 Å². The highest BCUT2D eigenvalue weighted by Gasteiger charge is 2.29. The predicted octanol–water partition coefficient (Wildman–Crippen LogP) is 2.96. The smallest absolute Gasteiger partial charge is 0.215 e. The van der Waals surface area contributed by atoms with E-state index in [4.69, 9.17) is 26.1 Å². The lowest BCUT2D eigenvalue weighted by Gasteiger charge is -2.16. The van der Waals surface area contributed by atoms with Gasteiger partial charge in [-0.25, -0.2) is 4.98 Å². The first kappa shape index (κ1) is 14.6. The van der Waals surface area contributed by atoms with Gasteiger partial charge < -0.3 is 14.0 Å². The summed E-state index contributed by atoms with van der Waals surface area (Å²) in [5, 5.41) is 0. The third kappa shape index (κ3) is 2.72. The van der Waals surface area contributed by atoms with Gasteiger partial charge in [0.1, 0.15) is 11.3 Å². The van der Waals surface area contributed by atoms with Crippen LogP contribution < -0.4 is 4.74 Å². The second kappa shape index (κ2) is 6.20. The van der Waals surface area contributed by atoms with Crippen LogP contribution in [-0.4, -0.2) is 40.7 Å².